The van der Waals surface area contributed by atoms with E-state index in [0.717, 1.165) is 22.3 Å². The number of carbonyl (C=O) groups excluding carboxylic acids is 1. The molecule has 0 saturated carbocycles. The standard InChI is InChI=1S/C18H14O2/c1-20-18(19)17-12-14-9-5-6-10-15(14)16(17)11-13-7-3-2-4-8-13/h2-12H,1H3/b16-11+. The summed E-state index contributed by atoms with van der Waals surface area (Å²) in [6, 6.07) is 17.9. The molecule has 20 heavy (non-hydrogen) atoms. The minimum Gasteiger partial charge on any atom is -0.465 e. The van der Waals surface area contributed by atoms with Crippen LogP contribution in [-0.2, 0) is 9.53 Å². The Hall–Kier alpha value is -2.61. The average Bonchev–Trinajstić information content (AvgIpc) is 2.86. The van der Waals surface area contributed by atoms with Crippen molar-refractivity contribution >= 4 is 23.7 Å². The van der Waals surface area contributed by atoms with Crippen molar-refractivity contribution in [2.24, 2.45) is 0 Å². The summed E-state index contributed by atoms with van der Waals surface area (Å²) in [6.07, 6.45) is 3.91. The summed E-state index contributed by atoms with van der Waals surface area (Å²) in [4.78, 5) is 12.0. The molecule has 0 spiro atoms. The molecule has 2 aromatic rings. The molecule has 0 aromatic heterocycles. The van der Waals surface area contributed by atoms with Crippen molar-refractivity contribution in [3.63, 3.8) is 0 Å². The number of fused-ring (bicyclic) bond motifs is 1. The molecule has 2 aromatic carbocycles. The Morgan fingerprint density at radius 1 is 1.00 bits per heavy atom. The molecule has 0 radical (unpaired) electrons. The molecule has 0 atom stereocenters. The van der Waals surface area contributed by atoms with Gasteiger partial charge in [-0.2, -0.15) is 0 Å². The van der Waals surface area contributed by atoms with E-state index in [1.165, 1.54) is 7.11 Å². The smallest absolute Gasteiger partial charge is 0.338 e. The molecule has 1 aliphatic carbocycles. The lowest BCUT2D eigenvalue weighted by Crippen LogP contribution is -2.03. The third-order valence-corrected chi connectivity index (χ3v) is 3.36. The van der Waals surface area contributed by atoms with Crippen molar-refractivity contribution in [2.45, 2.75) is 0 Å². The van der Waals surface area contributed by atoms with Gasteiger partial charge in [-0.25, -0.2) is 4.79 Å². The molecule has 0 unspecified atom stereocenters. The first-order valence-corrected chi connectivity index (χ1v) is 6.46. The molecular weight excluding hydrogens is 248 g/mol. The van der Waals surface area contributed by atoms with E-state index in [0.29, 0.717) is 5.57 Å². The van der Waals surface area contributed by atoms with Crippen molar-refractivity contribution in [1.82, 2.24) is 0 Å². The van der Waals surface area contributed by atoms with Gasteiger partial charge in [-0.15, -0.1) is 0 Å². The fraction of sp³-hybridized carbons (Fsp3) is 0.0556. The summed E-state index contributed by atoms with van der Waals surface area (Å²) >= 11 is 0. The summed E-state index contributed by atoms with van der Waals surface area (Å²) in [5.41, 5.74) is 4.71. The first-order chi connectivity index (χ1) is 9.79. The fourth-order valence-corrected chi connectivity index (χ4v) is 2.40. The molecule has 0 bridgehead atoms. The molecule has 0 fully saturated rings. The Morgan fingerprint density at radius 2 is 1.70 bits per heavy atom. The predicted molar refractivity (Wildman–Crippen MR) is 80.7 cm³/mol. The number of hydrogen-bond acceptors (Lipinski definition) is 2. The topological polar surface area (TPSA) is 26.3 Å². The Morgan fingerprint density at radius 3 is 2.45 bits per heavy atom. The lowest BCUT2D eigenvalue weighted by molar-refractivity contribution is -0.135. The molecule has 3 rings (SSSR count). The number of esters is 1. The highest BCUT2D eigenvalue weighted by atomic mass is 16.5. The number of carbonyl (C=O) groups is 1. The average molecular weight is 262 g/mol. The monoisotopic (exact) mass is 262 g/mol. The van der Waals surface area contributed by atoms with E-state index in [4.69, 9.17) is 4.74 Å². The van der Waals surface area contributed by atoms with Crippen LogP contribution in [0.4, 0.5) is 0 Å². The van der Waals surface area contributed by atoms with Crippen molar-refractivity contribution in [3.05, 3.63) is 76.9 Å². The normalized spacial score (nSPS) is 14.8. The van der Waals surface area contributed by atoms with E-state index < -0.39 is 0 Å². The van der Waals surface area contributed by atoms with Crippen LogP contribution >= 0.6 is 0 Å². The maximum absolute atomic E-state index is 12.0. The summed E-state index contributed by atoms with van der Waals surface area (Å²) in [6.45, 7) is 0. The SMILES string of the molecule is COC(=O)C1=Cc2ccccc2/C1=C\c1ccccc1. The number of ether oxygens (including phenoxy) is 1. The van der Waals surface area contributed by atoms with Crippen LogP contribution in [0.25, 0.3) is 17.7 Å². The highest BCUT2D eigenvalue weighted by molar-refractivity contribution is 6.18. The number of hydrogen-bond donors (Lipinski definition) is 0. The first-order valence-electron chi connectivity index (χ1n) is 6.46. The van der Waals surface area contributed by atoms with Gasteiger partial charge in [-0.3, -0.25) is 0 Å². The van der Waals surface area contributed by atoms with Gasteiger partial charge in [0.2, 0.25) is 0 Å². The minimum atomic E-state index is -0.302. The van der Waals surface area contributed by atoms with Gasteiger partial charge < -0.3 is 4.74 Å². The van der Waals surface area contributed by atoms with E-state index in [1.807, 2.05) is 66.7 Å². The zero-order valence-electron chi connectivity index (χ0n) is 11.2. The lowest BCUT2D eigenvalue weighted by Gasteiger charge is -2.06. The van der Waals surface area contributed by atoms with Gasteiger partial charge in [0.05, 0.1) is 12.7 Å². The molecule has 0 heterocycles. The summed E-state index contributed by atoms with van der Waals surface area (Å²) in [5, 5.41) is 0. The van der Waals surface area contributed by atoms with Crippen LogP contribution in [-0.4, -0.2) is 13.1 Å². The Kier molecular flexibility index (Phi) is 3.21. The molecule has 0 aliphatic heterocycles. The van der Waals surface area contributed by atoms with Crippen LogP contribution in [0.3, 0.4) is 0 Å². The van der Waals surface area contributed by atoms with E-state index in [9.17, 15) is 4.79 Å². The van der Waals surface area contributed by atoms with Gasteiger partial charge in [-0.05, 0) is 34.4 Å². The van der Waals surface area contributed by atoms with Crippen LogP contribution < -0.4 is 0 Å². The summed E-state index contributed by atoms with van der Waals surface area (Å²) < 4.78 is 4.89. The molecular formula is C18H14O2. The van der Waals surface area contributed by atoms with Crippen molar-refractivity contribution < 1.29 is 9.53 Å². The molecule has 1 aliphatic rings. The number of benzene rings is 2. The van der Waals surface area contributed by atoms with Gasteiger partial charge >= 0.3 is 5.97 Å². The van der Waals surface area contributed by atoms with Gasteiger partial charge in [0.1, 0.15) is 0 Å². The zero-order chi connectivity index (χ0) is 13.9. The second kappa shape index (κ2) is 5.17. The quantitative estimate of drug-likeness (QED) is 0.769. The predicted octanol–water partition coefficient (Wildman–Crippen LogP) is 3.80. The van der Waals surface area contributed by atoms with E-state index in [-0.39, 0.29) is 5.97 Å². The molecule has 0 amide bonds. The molecule has 0 N–H and O–H groups in total. The van der Waals surface area contributed by atoms with E-state index in [1.54, 1.807) is 0 Å². The largest absolute Gasteiger partial charge is 0.465 e. The molecule has 0 saturated heterocycles. The van der Waals surface area contributed by atoms with Crippen LogP contribution in [0, 0.1) is 0 Å². The van der Waals surface area contributed by atoms with Crippen LogP contribution in [0.5, 0.6) is 0 Å². The third-order valence-electron chi connectivity index (χ3n) is 3.36. The zero-order valence-corrected chi connectivity index (χ0v) is 11.2. The Labute approximate surface area is 118 Å². The summed E-state index contributed by atoms with van der Waals surface area (Å²) in [5.74, 6) is -0.302. The van der Waals surface area contributed by atoms with Gasteiger partial charge in [-0.1, -0.05) is 54.6 Å². The van der Waals surface area contributed by atoms with Crippen LogP contribution in [0.1, 0.15) is 16.7 Å². The summed E-state index contributed by atoms with van der Waals surface area (Å²) in [7, 11) is 1.41. The van der Waals surface area contributed by atoms with Gasteiger partial charge in [0, 0.05) is 0 Å². The second-order valence-corrected chi connectivity index (χ2v) is 4.61. The Bertz CT molecular complexity index is 709. The molecule has 2 nitrogen and oxygen atoms in total. The fourth-order valence-electron chi connectivity index (χ4n) is 2.40. The van der Waals surface area contributed by atoms with Crippen LogP contribution in [0.2, 0.25) is 0 Å². The third kappa shape index (κ3) is 2.16. The second-order valence-electron chi connectivity index (χ2n) is 4.61. The van der Waals surface area contributed by atoms with Crippen molar-refractivity contribution in [2.75, 3.05) is 7.11 Å². The highest BCUT2D eigenvalue weighted by Gasteiger charge is 2.24. The lowest BCUT2D eigenvalue weighted by atomic mass is 10.00. The van der Waals surface area contributed by atoms with Crippen molar-refractivity contribution in [3.8, 4) is 0 Å². The first kappa shape index (κ1) is 12.4. The number of methoxy groups -OCH3 is 1. The Balaban J connectivity index is 2.13. The van der Waals surface area contributed by atoms with Gasteiger partial charge in [0.15, 0.2) is 0 Å². The minimum absolute atomic E-state index is 0.302. The van der Waals surface area contributed by atoms with Gasteiger partial charge in [0.25, 0.3) is 0 Å². The highest BCUT2D eigenvalue weighted by Crippen LogP contribution is 2.37. The van der Waals surface area contributed by atoms with E-state index >= 15 is 0 Å². The van der Waals surface area contributed by atoms with Crippen molar-refractivity contribution in [1.29, 1.82) is 0 Å². The van der Waals surface area contributed by atoms with E-state index in [2.05, 4.69) is 0 Å². The molecule has 98 valence electrons. The van der Waals surface area contributed by atoms with Crippen LogP contribution in [0.15, 0.2) is 60.2 Å². The number of rotatable bonds is 2. The maximum Gasteiger partial charge on any atom is 0.338 e. The maximum atomic E-state index is 12.0. The molecule has 2 heteroatoms.